The maximum atomic E-state index is 11.6. The minimum atomic E-state index is -0.883. The summed E-state index contributed by atoms with van der Waals surface area (Å²) in [6.45, 7) is 12.4. The Morgan fingerprint density at radius 1 is 1.33 bits per heavy atom. The SMILES string of the molecule is CCNC(C)(CC(C)N(CCOC)C(CC)CC)C(=O)O. The third-order valence-corrected chi connectivity index (χ3v) is 4.27. The van der Waals surface area contributed by atoms with Gasteiger partial charge in [-0.15, -0.1) is 0 Å². The highest BCUT2D eigenvalue weighted by Crippen LogP contribution is 2.21. The van der Waals surface area contributed by atoms with Gasteiger partial charge in [-0.05, 0) is 39.7 Å². The summed E-state index contributed by atoms with van der Waals surface area (Å²) in [4.78, 5) is 14.0. The lowest BCUT2D eigenvalue weighted by atomic mass is 9.91. The third kappa shape index (κ3) is 6.32. The predicted molar refractivity (Wildman–Crippen MR) is 86.7 cm³/mol. The molecule has 2 unspecified atom stereocenters. The van der Waals surface area contributed by atoms with E-state index in [-0.39, 0.29) is 6.04 Å². The molecule has 0 bridgehead atoms. The predicted octanol–water partition coefficient (Wildman–Crippen LogP) is 2.35. The lowest BCUT2D eigenvalue weighted by Gasteiger charge is -2.39. The van der Waals surface area contributed by atoms with Gasteiger partial charge >= 0.3 is 5.97 Å². The average Bonchev–Trinajstić information content (AvgIpc) is 2.43. The number of aliphatic carboxylic acids is 1. The van der Waals surface area contributed by atoms with Crippen molar-refractivity contribution in [2.24, 2.45) is 0 Å². The zero-order chi connectivity index (χ0) is 16.5. The highest BCUT2D eigenvalue weighted by atomic mass is 16.5. The molecule has 0 spiro atoms. The lowest BCUT2D eigenvalue weighted by molar-refractivity contribution is -0.145. The molecule has 21 heavy (non-hydrogen) atoms. The van der Waals surface area contributed by atoms with E-state index in [0.29, 0.717) is 25.6 Å². The minimum absolute atomic E-state index is 0.185. The van der Waals surface area contributed by atoms with Gasteiger partial charge in [0, 0.05) is 25.7 Å². The van der Waals surface area contributed by atoms with Crippen LogP contribution in [0.3, 0.4) is 0 Å². The van der Waals surface area contributed by atoms with Gasteiger partial charge in [-0.3, -0.25) is 9.69 Å². The van der Waals surface area contributed by atoms with Gasteiger partial charge < -0.3 is 15.2 Å². The van der Waals surface area contributed by atoms with E-state index in [4.69, 9.17) is 4.74 Å². The molecule has 0 rings (SSSR count). The van der Waals surface area contributed by atoms with Crippen molar-refractivity contribution in [3.8, 4) is 0 Å². The molecule has 126 valence electrons. The fraction of sp³-hybridized carbons (Fsp3) is 0.938. The van der Waals surface area contributed by atoms with E-state index in [1.807, 2.05) is 6.92 Å². The molecule has 2 atom stereocenters. The van der Waals surface area contributed by atoms with Crippen LogP contribution in [0.1, 0.15) is 53.9 Å². The number of hydrogen-bond donors (Lipinski definition) is 2. The molecule has 0 fully saturated rings. The molecule has 0 radical (unpaired) electrons. The molecule has 0 aliphatic carbocycles. The molecule has 2 N–H and O–H groups in total. The molecule has 0 heterocycles. The van der Waals surface area contributed by atoms with Gasteiger partial charge in [0.2, 0.25) is 0 Å². The maximum absolute atomic E-state index is 11.6. The Balaban J connectivity index is 4.99. The van der Waals surface area contributed by atoms with Gasteiger partial charge in [0.1, 0.15) is 5.54 Å². The highest BCUT2D eigenvalue weighted by Gasteiger charge is 2.36. The molecule has 0 aromatic rings. The number of likely N-dealkylation sites (N-methyl/N-ethyl adjacent to an activating group) is 1. The molecule has 5 heteroatoms. The van der Waals surface area contributed by atoms with Gasteiger partial charge in [-0.2, -0.15) is 0 Å². The standard InChI is InChI=1S/C16H34N2O3/c1-7-14(8-2)18(10-11-21-6)13(4)12-16(5,15(19)20)17-9-3/h13-14,17H,7-12H2,1-6H3,(H,19,20). The van der Waals surface area contributed by atoms with Crippen LogP contribution in [0.4, 0.5) is 0 Å². The number of hydrogen-bond acceptors (Lipinski definition) is 4. The van der Waals surface area contributed by atoms with E-state index < -0.39 is 11.5 Å². The summed E-state index contributed by atoms with van der Waals surface area (Å²) in [6, 6.07) is 0.653. The minimum Gasteiger partial charge on any atom is -0.480 e. The van der Waals surface area contributed by atoms with E-state index in [0.717, 1.165) is 19.4 Å². The Kier molecular flexibility index (Phi) is 9.83. The summed E-state index contributed by atoms with van der Waals surface area (Å²) in [7, 11) is 1.70. The molecule has 0 aromatic heterocycles. The lowest BCUT2D eigenvalue weighted by Crippen LogP contribution is -2.55. The molecule has 0 aromatic carbocycles. The summed E-state index contributed by atoms with van der Waals surface area (Å²) < 4.78 is 5.21. The second-order valence-electron chi connectivity index (χ2n) is 5.92. The van der Waals surface area contributed by atoms with Crippen LogP contribution in [0.15, 0.2) is 0 Å². The highest BCUT2D eigenvalue weighted by molar-refractivity contribution is 5.78. The summed E-state index contributed by atoms with van der Waals surface area (Å²) in [5, 5.41) is 12.6. The van der Waals surface area contributed by atoms with Crippen LogP contribution in [0.25, 0.3) is 0 Å². The van der Waals surface area contributed by atoms with Crippen LogP contribution < -0.4 is 5.32 Å². The number of carbonyl (C=O) groups is 1. The Labute approximate surface area is 130 Å². The maximum Gasteiger partial charge on any atom is 0.323 e. The molecule has 0 aliphatic heterocycles. The molecule has 0 saturated carbocycles. The van der Waals surface area contributed by atoms with Crippen molar-refractivity contribution in [1.82, 2.24) is 10.2 Å². The quantitative estimate of drug-likeness (QED) is 0.579. The fourth-order valence-corrected chi connectivity index (χ4v) is 3.05. The van der Waals surface area contributed by atoms with Crippen molar-refractivity contribution in [3.63, 3.8) is 0 Å². The molecule has 0 saturated heterocycles. The summed E-state index contributed by atoms with van der Waals surface area (Å²) in [5.74, 6) is -0.785. The largest absolute Gasteiger partial charge is 0.480 e. The van der Waals surface area contributed by atoms with Gasteiger partial charge in [0.15, 0.2) is 0 Å². The Bertz CT molecular complexity index is 295. The number of rotatable bonds is 12. The van der Waals surface area contributed by atoms with Crippen LogP contribution in [0.2, 0.25) is 0 Å². The first-order chi connectivity index (χ1) is 9.86. The fourth-order valence-electron chi connectivity index (χ4n) is 3.05. The number of nitrogens with zero attached hydrogens (tertiary/aromatic N) is 1. The summed E-state index contributed by atoms with van der Waals surface area (Å²) in [6.07, 6.45) is 2.71. The Morgan fingerprint density at radius 3 is 2.29 bits per heavy atom. The molecular weight excluding hydrogens is 268 g/mol. The Hall–Kier alpha value is -0.650. The monoisotopic (exact) mass is 302 g/mol. The van der Waals surface area contributed by atoms with Crippen LogP contribution in [-0.4, -0.2) is 60.4 Å². The van der Waals surface area contributed by atoms with E-state index in [9.17, 15) is 9.90 Å². The van der Waals surface area contributed by atoms with Gasteiger partial charge in [0.05, 0.1) is 6.61 Å². The van der Waals surface area contributed by atoms with E-state index in [1.165, 1.54) is 0 Å². The van der Waals surface area contributed by atoms with Gasteiger partial charge in [-0.1, -0.05) is 20.8 Å². The second kappa shape index (κ2) is 10.1. The van der Waals surface area contributed by atoms with E-state index in [2.05, 4.69) is 31.0 Å². The van der Waals surface area contributed by atoms with Crippen LogP contribution in [0.5, 0.6) is 0 Å². The summed E-state index contributed by atoms with van der Waals surface area (Å²) in [5.41, 5.74) is -0.883. The average molecular weight is 302 g/mol. The van der Waals surface area contributed by atoms with Crippen molar-refractivity contribution < 1.29 is 14.6 Å². The topological polar surface area (TPSA) is 61.8 Å². The van der Waals surface area contributed by atoms with Crippen molar-refractivity contribution in [1.29, 1.82) is 0 Å². The molecule has 5 nitrogen and oxygen atoms in total. The van der Waals surface area contributed by atoms with E-state index in [1.54, 1.807) is 14.0 Å². The first-order valence-corrected chi connectivity index (χ1v) is 8.09. The number of carboxylic acid groups (broad SMARTS) is 1. The number of ether oxygens (including phenoxy) is 1. The van der Waals surface area contributed by atoms with Crippen LogP contribution in [-0.2, 0) is 9.53 Å². The first-order valence-electron chi connectivity index (χ1n) is 8.09. The normalized spacial score (nSPS) is 16.2. The third-order valence-electron chi connectivity index (χ3n) is 4.27. The number of carboxylic acids is 1. The molecule has 0 aliphatic rings. The van der Waals surface area contributed by atoms with Crippen molar-refractivity contribution >= 4 is 5.97 Å². The Morgan fingerprint density at radius 2 is 1.90 bits per heavy atom. The van der Waals surface area contributed by atoms with Crippen molar-refractivity contribution in [2.75, 3.05) is 26.8 Å². The number of methoxy groups -OCH3 is 1. The van der Waals surface area contributed by atoms with Crippen molar-refractivity contribution in [3.05, 3.63) is 0 Å². The van der Waals surface area contributed by atoms with Crippen molar-refractivity contribution in [2.45, 2.75) is 71.5 Å². The van der Waals surface area contributed by atoms with Gasteiger partial charge in [0.25, 0.3) is 0 Å². The number of nitrogens with one attached hydrogen (secondary N) is 1. The first kappa shape index (κ1) is 20.3. The zero-order valence-electron chi connectivity index (χ0n) is 14.6. The smallest absolute Gasteiger partial charge is 0.323 e. The summed E-state index contributed by atoms with van der Waals surface area (Å²) >= 11 is 0. The molecule has 0 amide bonds. The second-order valence-corrected chi connectivity index (χ2v) is 5.92. The van der Waals surface area contributed by atoms with E-state index >= 15 is 0 Å². The van der Waals surface area contributed by atoms with Gasteiger partial charge in [-0.25, -0.2) is 0 Å². The van der Waals surface area contributed by atoms with Crippen LogP contribution >= 0.6 is 0 Å². The zero-order valence-corrected chi connectivity index (χ0v) is 14.6. The van der Waals surface area contributed by atoms with Crippen LogP contribution in [0, 0.1) is 0 Å². The molecular formula is C16H34N2O3.